The van der Waals surface area contributed by atoms with Crippen molar-refractivity contribution in [1.82, 2.24) is 10.2 Å². The van der Waals surface area contributed by atoms with Crippen LogP contribution in [0, 0.1) is 0 Å². The number of methoxy groups -OCH3 is 1. The number of rotatable bonds is 4. The van der Waals surface area contributed by atoms with Gasteiger partial charge in [0.05, 0.1) is 7.11 Å². The number of carboxylic acids is 1. The van der Waals surface area contributed by atoms with E-state index in [0.29, 0.717) is 0 Å². The van der Waals surface area contributed by atoms with Crippen LogP contribution in [-0.2, 0) is 0 Å². The topological polar surface area (TPSA) is 125 Å². The summed E-state index contributed by atoms with van der Waals surface area (Å²) >= 11 is 0. The second kappa shape index (κ2) is 5.31. The maximum atomic E-state index is 11.9. The zero-order valence-electron chi connectivity index (χ0n) is 10.4. The van der Waals surface area contributed by atoms with Crippen LogP contribution < -0.4 is 10.1 Å². The number of aromatic nitrogens is 2. The molecule has 104 valence electrons. The summed E-state index contributed by atoms with van der Waals surface area (Å²) in [6, 6.07) is 5.32. The van der Waals surface area contributed by atoms with Crippen molar-refractivity contribution < 1.29 is 24.5 Å². The highest BCUT2D eigenvalue weighted by atomic mass is 16.5. The summed E-state index contributed by atoms with van der Waals surface area (Å²) < 4.78 is 4.86. The number of carbonyl (C=O) groups excluding carboxylic acids is 1. The molecule has 0 aliphatic carbocycles. The van der Waals surface area contributed by atoms with Crippen LogP contribution in [0.2, 0.25) is 0 Å². The minimum Gasteiger partial charge on any atom is -0.504 e. The van der Waals surface area contributed by atoms with Crippen molar-refractivity contribution in [2.24, 2.45) is 0 Å². The predicted molar refractivity (Wildman–Crippen MR) is 68.2 cm³/mol. The number of hydrogen-bond acceptors (Lipinski definition) is 5. The van der Waals surface area contributed by atoms with Crippen LogP contribution in [0.4, 0.5) is 5.82 Å². The Morgan fingerprint density at radius 3 is 2.65 bits per heavy atom. The highest BCUT2D eigenvalue weighted by molar-refractivity contribution is 6.04. The lowest BCUT2D eigenvalue weighted by molar-refractivity contribution is 0.0690. The third-order valence-corrected chi connectivity index (χ3v) is 2.49. The van der Waals surface area contributed by atoms with Crippen LogP contribution in [-0.4, -0.2) is 39.4 Å². The van der Waals surface area contributed by atoms with Gasteiger partial charge in [-0.1, -0.05) is 0 Å². The second-order valence-electron chi connectivity index (χ2n) is 3.81. The molecule has 0 unspecified atom stereocenters. The summed E-state index contributed by atoms with van der Waals surface area (Å²) in [6.07, 6.45) is 0. The van der Waals surface area contributed by atoms with Gasteiger partial charge in [0.15, 0.2) is 17.3 Å². The summed E-state index contributed by atoms with van der Waals surface area (Å²) in [6.45, 7) is 0. The van der Waals surface area contributed by atoms with Crippen molar-refractivity contribution in [2.45, 2.75) is 0 Å². The van der Waals surface area contributed by atoms with Crippen molar-refractivity contribution in [3.05, 3.63) is 35.5 Å². The molecule has 0 atom stereocenters. The number of carbonyl (C=O) groups is 2. The average molecular weight is 277 g/mol. The highest BCUT2D eigenvalue weighted by Gasteiger charge is 2.13. The summed E-state index contributed by atoms with van der Waals surface area (Å²) in [5, 5.41) is 26.6. The van der Waals surface area contributed by atoms with Gasteiger partial charge in [0.1, 0.15) is 5.69 Å². The number of benzene rings is 1. The van der Waals surface area contributed by atoms with Gasteiger partial charge in [-0.05, 0) is 18.2 Å². The quantitative estimate of drug-likeness (QED) is 0.662. The molecule has 4 N–H and O–H groups in total. The monoisotopic (exact) mass is 277 g/mol. The van der Waals surface area contributed by atoms with Crippen molar-refractivity contribution in [2.75, 3.05) is 12.4 Å². The Bertz CT molecular complexity index is 665. The van der Waals surface area contributed by atoms with E-state index < -0.39 is 11.9 Å². The Kier molecular flexibility index (Phi) is 3.56. The lowest BCUT2D eigenvalue weighted by Crippen LogP contribution is -2.12. The molecule has 1 aromatic carbocycles. The minimum atomic E-state index is -1.18. The molecule has 1 amide bonds. The zero-order valence-corrected chi connectivity index (χ0v) is 10.4. The first-order chi connectivity index (χ1) is 9.51. The molecule has 0 saturated heterocycles. The van der Waals surface area contributed by atoms with Crippen molar-refractivity contribution in [3.8, 4) is 11.5 Å². The molecule has 1 aromatic heterocycles. The van der Waals surface area contributed by atoms with Gasteiger partial charge in [-0.15, -0.1) is 0 Å². The van der Waals surface area contributed by atoms with Crippen LogP contribution in [0.1, 0.15) is 20.8 Å². The van der Waals surface area contributed by atoms with Gasteiger partial charge in [0.25, 0.3) is 5.91 Å². The number of H-pyrrole nitrogens is 1. The van der Waals surface area contributed by atoms with Gasteiger partial charge in [-0.2, -0.15) is 5.10 Å². The molecular weight excluding hydrogens is 266 g/mol. The van der Waals surface area contributed by atoms with Gasteiger partial charge in [0.2, 0.25) is 0 Å². The fourth-order valence-electron chi connectivity index (χ4n) is 1.52. The summed E-state index contributed by atoms with van der Waals surface area (Å²) in [5.41, 5.74) is 0.0426. The van der Waals surface area contributed by atoms with E-state index in [-0.39, 0.29) is 28.6 Å². The Hall–Kier alpha value is -3.03. The fourth-order valence-corrected chi connectivity index (χ4v) is 1.52. The molecule has 0 aliphatic rings. The third-order valence-electron chi connectivity index (χ3n) is 2.49. The molecule has 0 spiro atoms. The maximum Gasteiger partial charge on any atom is 0.353 e. The van der Waals surface area contributed by atoms with Crippen LogP contribution in [0.5, 0.6) is 11.5 Å². The predicted octanol–water partition coefficient (Wildman–Crippen LogP) is 1.07. The van der Waals surface area contributed by atoms with E-state index in [1.54, 1.807) is 0 Å². The molecule has 8 nitrogen and oxygen atoms in total. The van der Waals surface area contributed by atoms with Crippen LogP contribution in [0.25, 0.3) is 0 Å². The molecule has 0 bridgehead atoms. The molecule has 0 aliphatic heterocycles. The van der Waals surface area contributed by atoms with E-state index in [0.717, 1.165) is 0 Å². The number of phenolic OH excluding ortho intramolecular Hbond substituents is 1. The molecule has 8 heteroatoms. The minimum absolute atomic E-state index is 0.0720. The molecule has 0 fully saturated rings. The van der Waals surface area contributed by atoms with E-state index in [1.807, 2.05) is 0 Å². The number of ether oxygens (including phenoxy) is 1. The molecule has 0 radical (unpaired) electrons. The van der Waals surface area contributed by atoms with Crippen molar-refractivity contribution in [3.63, 3.8) is 0 Å². The third kappa shape index (κ3) is 2.69. The normalized spacial score (nSPS) is 10.1. The number of amides is 1. The maximum absolute atomic E-state index is 11.9. The first kappa shape index (κ1) is 13.4. The number of hydrogen-bond donors (Lipinski definition) is 4. The van der Waals surface area contributed by atoms with E-state index in [9.17, 15) is 14.7 Å². The number of anilines is 1. The summed E-state index contributed by atoms with van der Waals surface area (Å²) in [5.74, 6) is -1.57. The lowest BCUT2D eigenvalue weighted by atomic mass is 10.2. The molecule has 2 aromatic rings. The molecule has 2 rings (SSSR count). The fraction of sp³-hybridized carbons (Fsp3) is 0.0833. The van der Waals surface area contributed by atoms with Crippen LogP contribution in [0.15, 0.2) is 24.3 Å². The zero-order chi connectivity index (χ0) is 14.7. The summed E-state index contributed by atoms with van der Waals surface area (Å²) in [4.78, 5) is 22.5. The van der Waals surface area contributed by atoms with Gasteiger partial charge in [-0.25, -0.2) is 4.79 Å². The van der Waals surface area contributed by atoms with E-state index in [4.69, 9.17) is 9.84 Å². The Labute approximate surface area is 113 Å². The molecule has 1 heterocycles. The number of phenols is 1. The first-order valence-electron chi connectivity index (χ1n) is 5.48. The number of aromatic hydroxyl groups is 1. The first-order valence-corrected chi connectivity index (χ1v) is 5.48. The SMILES string of the molecule is COc1ccc(C(=O)Nc2cc(C(=O)O)[nH]n2)cc1O. The largest absolute Gasteiger partial charge is 0.504 e. The van der Waals surface area contributed by atoms with Crippen LogP contribution in [0.3, 0.4) is 0 Å². The number of carboxylic acid groups (broad SMARTS) is 1. The smallest absolute Gasteiger partial charge is 0.353 e. The average Bonchev–Trinajstić information content (AvgIpc) is 2.87. The van der Waals surface area contributed by atoms with Gasteiger partial charge in [0, 0.05) is 11.6 Å². The Balaban J connectivity index is 2.15. The van der Waals surface area contributed by atoms with Crippen molar-refractivity contribution >= 4 is 17.7 Å². The van der Waals surface area contributed by atoms with Crippen LogP contribution >= 0.6 is 0 Å². The molecular formula is C12H11N3O5. The number of nitrogens with one attached hydrogen (secondary N) is 2. The lowest BCUT2D eigenvalue weighted by Gasteiger charge is -2.05. The standard InChI is InChI=1S/C12H11N3O5/c1-20-9-3-2-6(4-8(9)16)11(17)13-10-5-7(12(18)19)14-15-10/h2-5,16H,1H3,(H,18,19)(H2,13,14,15,17). The van der Waals surface area contributed by atoms with Gasteiger partial charge in [-0.3, -0.25) is 9.89 Å². The van der Waals surface area contributed by atoms with Gasteiger partial charge >= 0.3 is 5.97 Å². The van der Waals surface area contributed by atoms with E-state index in [2.05, 4.69) is 15.5 Å². The second-order valence-corrected chi connectivity index (χ2v) is 3.81. The molecule has 0 saturated carbocycles. The Morgan fingerprint density at radius 2 is 2.10 bits per heavy atom. The van der Waals surface area contributed by atoms with Crippen molar-refractivity contribution in [1.29, 1.82) is 0 Å². The van der Waals surface area contributed by atoms with E-state index in [1.165, 1.54) is 31.4 Å². The number of aromatic amines is 1. The van der Waals surface area contributed by atoms with E-state index >= 15 is 0 Å². The number of aromatic carboxylic acids is 1. The van der Waals surface area contributed by atoms with Gasteiger partial charge < -0.3 is 20.3 Å². The Morgan fingerprint density at radius 1 is 1.35 bits per heavy atom. The summed E-state index contributed by atoms with van der Waals surface area (Å²) in [7, 11) is 1.39. The highest BCUT2D eigenvalue weighted by Crippen LogP contribution is 2.26. The molecule has 20 heavy (non-hydrogen) atoms. The number of nitrogens with zero attached hydrogens (tertiary/aromatic N) is 1.